The van der Waals surface area contributed by atoms with E-state index >= 15 is 0 Å². The van der Waals surface area contributed by atoms with Gasteiger partial charge in [0.2, 0.25) is 0 Å². The summed E-state index contributed by atoms with van der Waals surface area (Å²) in [6.45, 7) is 6.64. The fourth-order valence-corrected chi connectivity index (χ4v) is 3.36. The minimum atomic E-state index is -0.849. The van der Waals surface area contributed by atoms with Crippen molar-refractivity contribution in [1.82, 2.24) is 19.5 Å². The summed E-state index contributed by atoms with van der Waals surface area (Å²) in [4.78, 5) is 45.3. The largest absolute Gasteiger partial charge is 0.481 e. The first kappa shape index (κ1) is 18.8. The molecule has 1 aromatic carbocycles. The van der Waals surface area contributed by atoms with E-state index in [0.29, 0.717) is 30.8 Å². The quantitative estimate of drug-likeness (QED) is 0.508. The number of benzene rings is 1. The molecule has 0 radical (unpaired) electrons. The van der Waals surface area contributed by atoms with Crippen molar-refractivity contribution in [3.63, 3.8) is 0 Å². The molecule has 0 saturated heterocycles. The number of aromatic amines is 1. The average molecular weight is 370 g/mol. The van der Waals surface area contributed by atoms with Gasteiger partial charge in [-0.25, -0.2) is 9.78 Å². The number of carbonyl (C=O) groups is 1. The number of rotatable bonds is 6. The standard InChI is InChI=1S/C19H22N4O4/c1-10(2)12-9-14-13(8-11(12)3)20-16-17(21-19(27)22-18(16)26)23(14)7-5-4-6-15(24)25/h8-10H,4-7H2,1-3H3,(H,24,25)(H,22,26,27). The Bertz CT molecular complexity index is 1100. The van der Waals surface area contributed by atoms with Gasteiger partial charge in [0, 0.05) is 13.0 Å². The first-order valence-corrected chi connectivity index (χ1v) is 8.95. The molecule has 0 fully saturated rings. The Kier molecular flexibility index (Phi) is 5.07. The fourth-order valence-electron chi connectivity index (χ4n) is 3.36. The highest BCUT2D eigenvalue weighted by Gasteiger charge is 2.19. The zero-order valence-electron chi connectivity index (χ0n) is 15.6. The Balaban J connectivity index is 2.24. The van der Waals surface area contributed by atoms with E-state index in [1.54, 1.807) is 0 Å². The lowest BCUT2D eigenvalue weighted by Crippen LogP contribution is -2.29. The van der Waals surface area contributed by atoms with Crippen molar-refractivity contribution in [1.29, 1.82) is 0 Å². The molecule has 1 aromatic rings. The highest BCUT2D eigenvalue weighted by molar-refractivity contribution is 5.81. The highest BCUT2D eigenvalue weighted by Crippen LogP contribution is 2.28. The maximum absolute atomic E-state index is 12.2. The molecule has 2 heterocycles. The van der Waals surface area contributed by atoms with E-state index in [2.05, 4.69) is 28.8 Å². The van der Waals surface area contributed by atoms with Gasteiger partial charge in [0.25, 0.3) is 5.56 Å². The molecule has 0 atom stereocenters. The molecule has 0 spiro atoms. The second kappa shape index (κ2) is 7.30. The number of fused-ring (bicyclic) bond motifs is 2. The zero-order chi connectivity index (χ0) is 19.7. The number of aryl methyl sites for hydroxylation is 2. The molecule has 2 aliphatic heterocycles. The van der Waals surface area contributed by atoms with Gasteiger partial charge in [-0.15, -0.1) is 0 Å². The number of nitrogens with zero attached hydrogens (tertiary/aromatic N) is 3. The molecule has 0 unspecified atom stereocenters. The van der Waals surface area contributed by atoms with Crippen molar-refractivity contribution in [3.8, 4) is 11.5 Å². The minimum absolute atomic E-state index is 0.0681. The zero-order valence-corrected chi connectivity index (χ0v) is 15.6. The molecule has 8 heteroatoms. The van der Waals surface area contributed by atoms with Crippen LogP contribution in [0.15, 0.2) is 21.7 Å². The van der Waals surface area contributed by atoms with E-state index in [-0.39, 0.29) is 17.9 Å². The summed E-state index contributed by atoms with van der Waals surface area (Å²) >= 11 is 0. The third-order valence-corrected chi connectivity index (χ3v) is 4.64. The van der Waals surface area contributed by atoms with Gasteiger partial charge in [0.1, 0.15) is 0 Å². The summed E-state index contributed by atoms with van der Waals surface area (Å²) in [6.07, 6.45) is 1.14. The number of nitrogens with one attached hydrogen (secondary N) is 1. The van der Waals surface area contributed by atoms with Crippen LogP contribution in [-0.4, -0.2) is 30.6 Å². The second-order valence-corrected chi connectivity index (χ2v) is 7.01. The lowest BCUT2D eigenvalue weighted by atomic mass is 9.97. The van der Waals surface area contributed by atoms with Crippen molar-refractivity contribution in [2.45, 2.75) is 52.5 Å². The van der Waals surface area contributed by atoms with E-state index < -0.39 is 17.2 Å². The van der Waals surface area contributed by atoms with E-state index in [1.165, 1.54) is 0 Å². The lowest BCUT2D eigenvalue weighted by molar-refractivity contribution is -0.137. The molecular weight excluding hydrogens is 348 g/mol. The van der Waals surface area contributed by atoms with Crippen molar-refractivity contribution >= 4 is 17.0 Å². The maximum Gasteiger partial charge on any atom is 0.349 e. The summed E-state index contributed by atoms with van der Waals surface area (Å²) in [5, 5.41) is 8.84. The Morgan fingerprint density at radius 3 is 2.63 bits per heavy atom. The molecule has 0 bridgehead atoms. The van der Waals surface area contributed by atoms with Crippen LogP contribution in [0.1, 0.15) is 50.2 Å². The molecule has 0 aliphatic carbocycles. The van der Waals surface area contributed by atoms with Gasteiger partial charge >= 0.3 is 11.7 Å². The van der Waals surface area contributed by atoms with Crippen LogP contribution in [0.2, 0.25) is 0 Å². The minimum Gasteiger partial charge on any atom is -0.481 e. The molecule has 0 aromatic heterocycles. The molecule has 2 aliphatic rings. The highest BCUT2D eigenvalue weighted by atomic mass is 16.4. The number of unbranched alkanes of at least 4 members (excludes halogenated alkanes) is 1. The maximum atomic E-state index is 12.2. The van der Waals surface area contributed by atoms with Gasteiger partial charge in [-0.3, -0.25) is 14.6 Å². The van der Waals surface area contributed by atoms with Crippen LogP contribution in [-0.2, 0) is 11.3 Å². The van der Waals surface area contributed by atoms with Crippen LogP contribution < -0.4 is 11.2 Å². The number of H-pyrrole nitrogens is 1. The number of carboxylic acid groups (broad SMARTS) is 1. The van der Waals surface area contributed by atoms with Gasteiger partial charge in [-0.05, 0) is 48.9 Å². The number of hydrogen-bond acceptors (Lipinski definition) is 5. The van der Waals surface area contributed by atoms with Crippen molar-refractivity contribution in [3.05, 3.63) is 44.1 Å². The summed E-state index contributed by atoms with van der Waals surface area (Å²) < 4.78 is 1.81. The SMILES string of the molecule is Cc1cc2nc3c(=O)[nH]c(=O)nc-3n(CCCCC(=O)O)c2cc1C(C)C. The summed E-state index contributed by atoms with van der Waals surface area (Å²) in [5.74, 6) is -0.323. The molecule has 2 N–H and O–H groups in total. The molecule has 27 heavy (non-hydrogen) atoms. The van der Waals surface area contributed by atoms with Gasteiger partial charge < -0.3 is 9.67 Å². The second-order valence-electron chi connectivity index (χ2n) is 7.01. The normalized spacial score (nSPS) is 11.6. The summed E-state index contributed by atoms with van der Waals surface area (Å²) in [7, 11) is 0. The monoisotopic (exact) mass is 370 g/mol. The predicted molar refractivity (Wildman–Crippen MR) is 101 cm³/mol. The molecule has 0 saturated carbocycles. The van der Waals surface area contributed by atoms with E-state index in [4.69, 9.17) is 5.11 Å². The number of hydrogen-bond donors (Lipinski definition) is 2. The summed E-state index contributed by atoms with van der Waals surface area (Å²) in [6, 6.07) is 3.95. The first-order valence-electron chi connectivity index (χ1n) is 8.95. The average Bonchev–Trinajstić information content (AvgIpc) is 2.57. The van der Waals surface area contributed by atoms with Gasteiger partial charge in [-0.2, -0.15) is 4.98 Å². The Labute approximate surface area is 155 Å². The molecular formula is C19H22N4O4. The van der Waals surface area contributed by atoms with Gasteiger partial charge in [-0.1, -0.05) is 13.8 Å². The van der Waals surface area contributed by atoms with Crippen LogP contribution in [0, 0.1) is 6.92 Å². The first-order chi connectivity index (χ1) is 12.8. The van der Waals surface area contributed by atoms with E-state index in [1.807, 2.05) is 23.6 Å². The predicted octanol–water partition coefficient (Wildman–Crippen LogP) is 2.27. The number of carboxylic acids is 1. The van der Waals surface area contributed by atoms with Gasteiger partial charge in [0.05, 0.1) is 11.0 Å². The molecule has 8 nitrogen and oxygen atoms in total. The van der Waals surface area contributed by atoms with Crippen molar-refractivity contribution in [2.75, 3.05) is 0 Å². The van der Waals surface area contributed by atoms with Crippen LogP contribution >= 0.6 is 0 Å². The fraction of sp³-hybridized carbons (Fsp3) is 0.421. The third kappa shape index (κ3) is 3.74. The van der Waals surface area contributed by atoms with Crippen LogP contribution in [0.5, 0.6) is 0 Å². The number of aromatic nitrogens is 4. The smallest absolute Gasteiger partial charge is 0.349 e. The molecule has 3 rings (SSSR count). The Morgan fingerprint density at radius 2 is 1.96 bits per heavy atom. The van der Waals surface area contributed by atoms with E-state index in [9.17, 15) is 14.4 Å². The Hall–Kier alpha value is -3.03. The van der Waals surface area contributed by atoms with E-state index in [0.717, 1.165) is 16.6 Å². The topological polar surface area (TPSA) is 118 Å². The molecule has 0 amide bonds. The van der Waals surface area contributed by atoms with Crippen molar-refractivity contribution in [2.24, 2.45) is 0 Å². The van der Waals surface area contributed by atoms with Crippen LogP contribution in [0.4, 0.5) is 0 Å². The number of aliphatic carboxylic acids is 1. The van der Waals surface area contributed by atoms with Crippen molar-refractivity contribution < 1.29 is 9.90 Å². The molecule has 142 valence electrons. The third-order valence-electron chi connectivity index (χ3n) is 4.64. The Morgan fingerprint density at radius 1 is 1.22 bits per heavy atom. The van der Waals surface area contributed by atoms with Crippen LogP contribution in [0.25, 0.3) is 22.6 Å². The van der Waals surface area contributed by atoms with Gasteiger partial charge in [0.15, 0.2) is 11.5 Å². The van der Waals surface area contributed by atoms with Crippen LogP contribution in [0.3, 0.4) is 0 Å². The lowest BCUT2D eigenvalue weighted by Gasteiger charge is -2.19. The summed E-state index contributed by atoms with van der Waals surface area (Å²) in [5.41, 5.74) is 2.47.